The predicted octanol–water partition coefficient (Wildman–Crippen LogP) is 3.24. The average Bonchev–Trinajstić information content (AvgIpc) is 2.17. The summed E-state index contributed by atoms with van der Waals surface area (Å²) in [6.07, 6.45) is 2.36. The number of ketones is 1. The van der Waals surface area contributed by atoms with Crippen molar-refractivity contribution in [3.05, 3.63) is 28.8 Å². The Labute approximate surface area is 88.9 Å². The van der Waals surface area contributed by atoms with Gasteiger partial charge in [-0.05, 0) is 55.7 Å². The van der Waals surface area contributed by atoms with Gasteiger partial charge in [0.15, 0.2) is 5.78 Å². The number of carbonyl (C=O) groups excluding carboxylic acids is 1. The summed E-state index contributed by atoms with van der Waals surface area (Å²) in [5.74, 6) is 1.39. The molecule has 0 unspecified atom stereocenters. The number of rotatable bonds is 1. The highest BCUT2D eigenvalue weighted by molar-refractivity contribution is 7.99. The summed E-state index contributed by atoms with van der Waals surface area (Å²) in [4.78, 5) is 12.7. The zero-order valence-electron chi connectivity index (χ0n) is 8.59. The number of hydrogen-bond acceptors (Lipinski definition) is 2. The van der Waals surface area contributed by atoms with Crippen LogP contribution in [0, 0.1) is 6.92 Å². The maximum absolute atomic E-state index is 11.3. The summed E-state index contributed by atoms with van der Waals surface area (Å²) in [6, 6.07) is 4.08. The zero-order valence-corrected chi connectivity index (χ0v) is 9.41. The SMILES string of the molecule is CC(=O)c1cc(C)c2c(c1)CCCS2. The smallest absolute Gasteiger partial charge is 0.159 e. The first-order valence-corrected chi connectivity index (χ1v) is 5.94. The Morgan fingerprint density at radius 2 is 2.21 bits per heavy atom. The molecule has 0 radical (unpaired) electrons. The Kier molecular flexibility index (Phi) is 2.64. The van der Waals surface area contributed by atoms with Crippen LogP contribution in [0.15, 0.2) is 17.0 Å². The molecule has 0 aliphatic carbocycles. The van der Waals surface area contributed by atoms with Crippen LogP contribution in [0.2, 0.25) is 0 Å². The summed E-state index contributed by atoms with van der Waals surface area (Å²) in [5, 5.41) is 0. The minimum atomic E-state index is 0.173. The van der Waals surface area contributed by atoms with E-state index in [2.05, 4.69) is 13.0 Å². The summed E-state index contributed by atoms with van der Waals surface area (Å²) in [6.45, 7) is 3.74. The van der Waals surface area contributed by atoms with Crippen molar-refractivity contribution < 1.29 is 4.79 Å². The number of benzene rings is 1. The van der Waals surface area contributed by atoms with Crippen LogP contribution in [0.4, 0.5) is 0 Å². The highest BCUT2D eigenvalue weighted by Crippen LogP contribution is 2.33. The molecule has 0 spiro atoms. The standard InChI is InChI=1S/C12H14OS/c1-8-6-11(9(2)13)7-10-4-3-5-14-12(8)10/h6-7H,3-5H2,1-2H3. The van der Waals surface area contributed by atoms with E-state index in [9.17, 15) is 4.79 Å². The van der Waals surface area contributed by atoms with Gasteiger partial charge in [-0.2, -0.15) is 0 Å². The number of thioether (sulfide) groups is 1. The molecule has 2 rings (SSSR count). The van der Waals surface area contributed by atoms with Crippen LogP contribution in [-0.4, -0.2) is 11.5 Å². The van der Waals surface area contributed by atoms with E-state index in [0.29, 0.717) is 0 Å². The van der Waals surface area contributed by atoms with Crippen molar-refractivity contribution in [1.82, 2.24) is 0 Å². The molecule has 0 atom stereocenters. The number of fused-ring (bicyclic) bond motifs is 1. The van der Waals surface area contributed by atoms with Gasteiger partial charge in [0.1, 0.15) is 0 Å². The van der Waals surface area contributed by atoms with Crippen LogP contribution in [0.1, 0.15) is 34.8 Å². The first kappa shape index (κ1) is 9.78. The molecule has 0 amide bonds. The van der Waals surface area contributed by atoms with E-state index in [0.717, 1.165) is 12.0 Å². The summed E-state index contributed by atoms with van der Waals surface area (Å²) in [5.41, 5.74) is 3.49. The minimum absolute atomic E-state index is 0.173. The number of hydrogen-bond donors (Lipinski definition) is 0. The fourth-order valence-electron chi connectivity index (χ4n) is 1.88. The average molecular weight is 206 g/mol. The maximum atomic E-state index is 11.3. The van der Waals surface area contributed by atoms with Gasteiger partial charge in [-0.25, -0.2) is 0 Å². The van der Waals surface area contributed by atoms with E-state index in [1.165, 1.54) is 28.2 Å². The van der Waals surface area contributed by atoms with Gasteiger partial charge >= 0.3 is 0 Å². The van der Waals surface area contributed by atoms with Gasteiger partial charge in [-0.3, -0.25) is 4.79 Å². The second-order valence-corrected chi connectivity index (χ2v) is 4.89. The molecular weight excluding hydrogens is 192 g/mol. The van der Waals surface area contributed by atoms with Crippen molar-refractivity contribution >= 4 is 17.5 Å². The Hall–Kier alpha value is -0.760. The third-order valence-electron chi connectivity index (χ3n) is 2.59. The third-order valence-corrected chi connectivity index (χ3v) is 3.96. The fourth-order valence-corrected chi connectivity index (χ4v) is 3.01. The molecule has 0 N–H and O–H groups in total. The quantitative estimate of drug-likeness (QED) is 0.656. The maximum Gasteiger partial charge on any atom is 0.159 e. The molecule has 74 valence electrons. The summed E-state index contributed by atoms with van der Waals surface area (Å²) < 4.78 is 0. The van der Waals surface area contributed by atoms with Crippen LogP contribution in [0.3, 0.4) is 0 Å². The van der Waals surface area contributed by atoms with Crippen molar-refractivity contribution in [3.63, 3.8) is 0 Å². The van der Waals surface area contributed by atoms with Crippen LogP contribution in [0.5, 0.6) is 0 Å². The number of Topliss-reactive ketones (excluding diaryl/α,β-unsaturated/α-hetero) is 1. The molecule has 1 aliphatic rings. The van der Waals surface area contributed by atoms with Crippen LogP contribution < -0.4 is 0 Å². The highest BCUT2D eigenvalue weighted by atomic mass is 32.2. The molecule has 1 aromatic carbocycles. The van der Waals surface area contributed by atoms with Crippen molar-refractivity contribution in [2.45, 2.75) is 31.6 Å². The Bertz CT molecular complexity index is 382. The van der Waals surface area contributed by atoms with Crippen LogP contribution >= 0.6 is 11.8 Å². The lowest BCUT2D eigenvalue weighted by atomic mass is 10.0. The lowest BCUT2D eigenvalue weighted by Crippen LogP contribution is -2.03. The van der Waals surface area contributed by atoms with E-state index in [1.807, 2.05) is 17.8 Å². The van der Waals surface area contributed by atoms with Crippen LogP contribution in [0.25, 0.3) is 0 Å². The van der Waals surface area contributed by atoms with Gasteiger partial charge in [0.2, 0.25) is 0 Å². The number of carbonyl (C=O) groups is 1. The zero-order chi connectivity index (χ0) is 10.1. The molecule has 2 heteroatoms. The van der Waals surface area contributed by atoms with Crippen molar-refractivity contribution in [3.8, 4) is 0 Å². The van der Waals surface area contributed by atoms with E-state index >= 15 is 0 Å². The summed E-state index contributed by atoms with van der Waals surface area (Å²) >= 11 is 1.92. The molecule has 1 heterocycles. The fraction of sp³-hybridized carbons (Fsp3) is 0.417. The second kappa shape index (κ2) is 3.77. The van der Waals surface area contributed by atoms with E-state index in [-0.39, 0.29) is 5.78 Å². The first-order valence-electron chi connectivity index (χ1n) is 4.96. The lowest BCUT2D eigenvalue weighted by Gasteiger charge is -2.18. The van der Waals surface area contributed by atoms with Crippen molar-refractivity contribution in [1.29, 1.82) is 0 Å². The molecular formula is C12H14OS. The highest BCUT2D eigenvalue weighted by Gasteiger charge is 2.14. The van der Waals surface area contributed by atoms with Gasteiger partial charge in [0, 0.05) is 10.5 Å². The molecule has 1 aromatic rings. The molecule has 0 aromatic heterocycles. The largest absolute Gasteiger partial charge is 0.295 e. The molecule has 0 saturated heterocycles. The molecule has 1 nitrogen and oxygen atoms in total. The van der Waals surface area contributed by atoms with Crippen molar-refractivity contribution in [2.75, 3.05) is 5.75 Å². The number of aryl methyl sites for hydroxylation is 2. The van der Waals surface area contributed by atoms with Gasteiger partial charge in [-0.1, -0.05) is 0 Å². The van der Waals surface area contributed by atoms with Crippen LogP contribution in [-0.2, 0) is 6.42 Å². The predicted molar refractivity (Wildman–Crippen MR) is 60.2 cm³/mol. The monoisotopic (exact) mass is 206 g/mol. The van der Waals surface area contributed by atoms with Gasteiger partial charge < -0.3 is 0 Å². The van der Waals surface area contributed by atoms with Gasteiger partial charge in [-0.15, -0.1) is 11.8 Å². The van der Waals surface area contributed by atoms with E-state index in [4.69, 9.17) is 0 Å². The van der Waals surface area contributed by atoms with Gasteiger partial charge in [0.05, 0.1) is 0 Å². The minimum Gasteiger partial charge on any atom is -0.295 e. The van der Waals surface area contributed by atoms with Gasteiger partial charge in [0.25, 0.3) is 0 Å². The molecule has 1 aliphatic heterocycles. The molecule has 0 saturated carbocycles. The Morgan fingerprint density at radius 3 is 2.93 bits per heavy atom. The lowest BCUT2D eigenvalue weighted by molar-refractivity contribution is 0.101. The topological polar surface area (TPSA) is 17.1 Å². The molecule has 0 fully saturated rings. The second-order valence-electron chi connectivity index (χ2n) is 3.79. The molecule has 0 bridgehead atoms. The first-order chi connectivity index (χ1) is 6.68. The normalized spacial score (nSPS) is 15.0. The van der Waals surface area contributed by atoms with E-state index in [1.54, 1.807) is 6.92 Å². The van der Waals surface area contributed by atoms with Crippen molar-refractivity contribution in [2.24, 2.45) is 0 Å². The third kappa shape index (κ3) is 1.71. The Balaban J connectivity index is 2.51. The van der Waals surface area contributed by atoms with E-state index < -0.39 is 0 Å². The molecule has 14 heavy (non-hydrogen) atoms. The summed E-state index contributed by atoms with van der Waals surface area (Å²) in [7, 11) is 0. The Morgan fingerprint density at radius 1 is 1.43 bits per heavy atom.